The number of sulfone groups is 1. The normalized spacial score (nSPS) is 20.2. The lowest BCUT2D eigenvalue weighted by atomic mass is 9.78. The third-order valence-electron chi connectivity index (χ3n) is 4.13. The van der Waals surface area contributed by atoms with Gasteiger partial charge < -0.3 is 5.11 Å². The number of nitrogens with zero attached hydrogens (tertiary/aromatic N) is 3. The highest BCUT2D eigenvalue weighted by Gasteiger charge is 2.38. The van der Waals surface area contributed by atoms with Gasteiger partial charge in [0.1, 0.15) is 15.9 Å². The van der Waals surface area contributed by atoms with Gasteiger partial charge in [0, 0.05) is 15.9 Å². The average molecular weight is 358 g/mol. The van der Waals surface area contributed by atoms with Crippen molar-refractivity contribution in [1.82, 2.24) is 0 Å². The van der Waals surface area contributed by atoms with Gasteiger partial charge in [0.25, 0.3) is 0 Å². The van der Waals surface area contributed by atoms with Crippen LogP contribution in [0.2, 0.25) is 5.02 Å². The molecule has 0 amide bonds. The highest BCUT2D eigenvalue weighted by Crippen LogP contribution is 2.38. The Kier molecular flexibility index (Phi) is 5.51. The van der Waals surface area contributed by atoms with Crippen molar-refractivity contribution in [3.8, 4) is 0 Å². The minimum atomic E-state index is -3.07. The lowest BCUT2D eigenvalue weighted by Crippen LogP contribution is -2.35. The maximum Gasteiger partial charge on any atom is 0.313 e. The van der Waals surface area contributed by atoms with Gasteiger partial charge in [-0.25, -0.2) is 8.42 Å². The van der Waals surface area contributed by atoms with E-state index in [9.17, 15) is 18.3 Å². The minimum Gasteiger partial charge on any atom is -0.481 e. The van der Waals surface area contributed by atoms with E-state index in [1.54, 1.807) is 24.3 Å². The molecule has 0 bridgehead atoms. The van der Waals surface area contributed by atoms with Gasteiger partial charge in [0.2, 0.25) is 0 Å². The van der Waals surface area contributed by atoms with Crippen LogP contribution < -0.4 is 0 Å². The van der Waals surface area contributed by atoms with Gasteiger partial charge in [-0.15, -0.1) is 0 Å². The zero-order chi connectivity index (χ0) is 17.0. The van der Waals surface area contributed by atoms with E-state index in [0.29, 0.717) is 23.4 Å². The van der Waals surface area contributed by atoms with E-state index in [2.05, 4.69) is 10.0 Å². The number of rotatable bonds is 5. The van der Waals surface area contributed by atoms with E-state index in [4.69, 9.17) is 17.1 Å². The molecule has 0 saturated carbocycles. The molecule has 0 aliphatic carbocycles. The number of carboxylic acids is 1. The van der Waals surface area contributed by atoms with Crippen molar-refractivity contribution in [1.29, 1.82) is 0 Å². The lowest BCUT2D eigenvalue weighted by Gasteiger charge is -2.32. The molecule has 0 aromatic heterocycles. The Balaban J connectivity index is 2.40. The molecule has 1 aliphatic rings. The summed E-state index contributed by atoms with van der Waals surface area (Å²) in [5, 5.41) is 13.4. The molecular formula is C14H16ClN3O4S. The van der Waals surface area contributed by atoms with Crippen LogP contribution in [-0.2, 0) is 14.6 Å². The van der Waals surface area contributed by atoms with E-state index in [0.717, 1.165) is 0 Å². The fraction of sp³-hybridized carbons (Fsp3) is 0.500. The number of carboxylic acid groups (broad SMARTS) is 1. The van der Waals surface area contributed by atoms with Gasteiger partial charge in [-0.1, -0.05) is 28.8 Å². The van der Waals surface area contributed by atoms with Crippen LogP contribution in [0, 0.1) is 5.92 Å². The monoisotopic (exact) mass is 357 g/mol. The fourth-order valence-electron chi connectivity index (χ4n) is 3.00. The van der Waals surface area contributed by atoms with Crippen LogP contribution in [-0.4, -0.2) is 37.0 Å². The molecular weight excluding hydrogens is 342 g/mol. The second-order valence-electron chi connectivity index (χ2n) is 5.55. The third kappa shape index (κ3) is 4.37. The summed E-state index contributed by atoms with van der Waals surface area (Å²) in [4.78, 5) is 14.2. The van der Waals surface area contributed by atoms with Crippen LogP contribution in [0.3, 0.4) is 0 Å². The fourth-order valence-corrected chi connectivity index (χ4v) is 4.65. The number of azide groups is 1. The number of benzene rings is 1. The number of carbonyl (C=O) groups is 1. The molecule has 124 valence electrons. The summed E-state index contributed by atoms with van der Waals surface area (Å²) in [7, 11) is -3.07. The van der Waals surface area contributed by atoms with Crippen molar-refractivity contribution in [2.45, 2.75) is 24.8 Å². The molecule has 1 heterocycles. The van der Waals surface area contributed by atoms with Gasteiger partial charge in [-0.2, -0.15) is 0 Å². The van der Waals surface area contributed by atoms with Gasteiger partial charge in [-0.05, 0) is 42.0 Å². The highest BCUT2D eigenvalue weighted by atomic mass is 35.5. The molecule has 1 aromatic rings. The van der Waals surface area contributed by atoms with Crippen molar-refractivity contribution >= 4 is 27.4 Å². The molecule has 2 atom stereocenters. The van der Waals surface area contributed by atoms with Crippen molar-refractivity contribution in [3.05, 3.63) is 45.3 Å². The molecule has 0 radical (unpaired) electrons. The number of hydrogen-bond donors (Lipinski definition) is 1. The summed E-state index contributed by atoms with van der Waals surface area (Å²) < 4.78 is 23.2. The van der Waals surface area contributed by atoms with Gasteiger partial charge >= 0.3 is 5.97 Å². The molecule has 7 nitrogen and oxygen atoms in total. The van der Waals surface area contributed by atoms with Gasteiger partial charge in [-0.3, -0.25) is 4.79 Å². The Hall–Kier alpha value is -1.76. The number of hydrogen-bond acceptors (Lipinski definition) is 4. The van der Waals surface area contributed by atoms with E-state index >= 15 is 0 Å². The quantitative estimate of drug-likeness (QED) is 0.494. The van der Waals surface area contributed by atoms with E-state index in [1.807, 2.05) is 0 Å². The SMILES string of the molecule is [N-]=[N+]=N[C@H](C(=O)O)[C@@H](c1ccc(Cl)cc1)C1CCS(=O)(=O)CC1. The smallest absolute Gasteiger partial charge is 0.313 e. The van der Waals surface area contributed by atoms with Crippen LogP contribution >= 0.6 is 11.6 Å². The van der Waals surface area contributed by atoms with E-state index < -0.39 is 27.8 Å². The largest absolute Gasteiger partial charge is 0.481 e. The molecule has 0 spiro atoms. The van der Waals surface area contributed by atoms with Crippen LogP contribution in [0.15, 0.2) is 29.4 Å². The van der Waals surface area contributed by atoms with Crippen molar-refractivity contribution in [2.75, 3.05) is 11.5 Å². The van der Waals surface area contributed by atoms with Crippen LogP contribution in [0.4, 0.5) is 0 Å². The van der Waals surface area contributed by atoms with Crippen LogP contribution in [0.5, 0.6) is 0 Å². The summed E-state index contributed by atoms with van der Waals surface area (Å²) in [5.41, 5.74) is 9.36. The Morgan fingerprint density at radius 3 is 2.35 bits per heavy atom. The summed E-state index contributed by atoms with van der Waals surface area (Å²) >= 11 is 5.87. The zero-order valence-electron chi connectivity index (χ0n) is 12.2. The first-order chi connectivity index (χ1) is 10.8. The summed E-state index contributed by atoms with van der Waals surface area (Å²) in [6.07, 6.45) is 0.695. The van der Waals surface area contributed by atoms with E-state index in [1.165, 1.54) is 0 Å². The standard InChI is InChI=1S/C14H16ClN3O4S/c15-11-3-1-9(2-4-11)12(13(14(19)20)17-18-16)10-5-7-23(21,22)8-6-10/h1-4,10,12-13H,5-8H2,(H,19,20)/t12-,13-/m0/s1. The van der Waals surface area contributed by atoms with Crippen molar-refractivity contribution in [3.63, 3.8) is 0 Å². The van der Waals surface area contributed by atoms with Gasteiger partial charge in [0.15, 0.2) is 0 Å². The molecule has 9 heteroatoms. The Morgan fingerprint density at radius 2 is 1.87 bits per heavy atom. The second kappa shape index (κ2) is 7.21. The highest BCUT2D eigenvalue weighted by molar-refractivity contribution is 7.91. The van der Waals surface area contributed by atoms with Crippen molar-refractivity contribution in [2.24, 2.45) is 11.0 Å². The molecule has 1 saturated heterocycles. The topological polar surface area (TPSA) is 120 Å². The maximum absolute atomic E-state index is 11.6. The van der Waals surface area contributed by atoms with Gasteiger partial charge in [0.05, 0.1) is 11.5 Å². The van der Waals surface area contributed by atoms with Crippen LogP contribution in [0.1, 0.15) is 24.3 Å². The Morgan fingerprint density at radius 1 is 1.30 bits per heavy atom. The Bertz CT molecular complexity index is 713. The molecule has 1 N–H and O–H groups in total. The van der Waals surface area contributed by atoms with Crippen molar-refractivity contribution < 1.29 is 18.3 Å². The lowest BCUT2D eigenvalue weighted by molar-refractivity contribution is -0.139. The summed E-state index contributed by atoms with van der Waals surface area (Å²) in [6.45, 7) is 0. The molecule has 0 unspecified atom stereocenters. The number of halogens is 1. The third-order valence-corrected chi connectivity index (χ3v) is 6.10. The average Bonchev–Trinajstić information content (AvgIpc) is 2.49. The second-order valence-corrected chi connectivity index (χ2v) is 8.29. The zero-order valence-corrected chi connectivity index (χ0v) is 13.7. The molecule has 1 aliphatic heterocycles. The predicted octanol–water partition coefficient (Wildman–Crippen LogP) is 3.01. The summed E-state index contributed by atoms with van der Waals surface area (Å²) in [5.74, 6) is -1.96. The molecule has 23 heavy (non-hydrogen) atoms. The molecule has 1 fully saturated rings. The molecule has 2 rings (SSSR count). The maximum atomic E-state index is 11.6. The van der Waals surface area contributed by atoms with E-state index in [-0.39, 0.29) is 17.4 Å². The minimum absolute atomic E-state index is 0.0182. The van der Waals surface area contributed by atoms with Crippen LogP contribution in [0.25, 0.3) is 10.4 Å². The number of aliphatic carboxylic acids is 1. The Labute approximate surface area is 138 Å². The first-order valence-electron chi connectivity index (χ1n) is 7.07. The first kappa shape index (κ1) is 17.6. The summed E-state index contributed by atoms with van der Waals surface area (Å²) in [6, 6.07) is 5.38. The molecule has 1 aromatic carbocycles. The predicted molar refractivity (Wildman–Crippen MR) is 86.1 cm³/mol. The first-order valence-corrected chi connectivity index (χ1v) is 9.27.